The largest absolute Gasteiger partial charge is 0.508 e. The molecular weight excluding hydrogens is 378 g/mol. The molecule has 2 heterocycles. The number of amides is 2. The molecule has 1 aliphatic carbocycles. The summed E-state index contributed by atoms with van der Waals surface area (Å²) in [4.78, 5) is 23.9. The van der Waals surface area contributed by atoms with Gasteiger partial charge in [0.1, 0.15) is 18.2 Å². The predicted molar refractivity (Wildman–Crippen MR) is 103 cm³/mol. The molecule has 150 valence electrons. The second kappa shape index (κ2) is 8.10. The molecule has 0 aliphatic heterocycles. The zero-order chi connectivity index (χ0) is 20.2. The Labute approximate surface area is 165 Å². The van der Waals surface area contributed by atoms with Gasteiger partial charge in [-0.1, -0.05) is 0 Å². The Bertz CT molecular complexity index is 1040. The number of aliphatic hydroxyl groups excluding tert-OH is 1. The molecule has 1 aliphatic rings. The van der Waals surface area contributed by atoms with Crippen LogP contribution in [0.2, 0.25) is 0 Å². The van der Waals surface area contributed by atoms with E-state index in [2.05, 4.69) is 30.7 Å². The lowest BCUT2D eigenvalue weighted by Crippen LogP contribution is -2.20. The summed E-state index contributed by atoms with van der Waals surface area (Å²) in [7, 11) is 0. The van der Waals surface area contributed by atoms with E-state index in [0.29, 0.717) is 29.8 Å². The van der Waals surface area contributed by atoms with Gasteiger partial charge in [0.15, 0.2) is 5.65 Å². The van der Waals surface area contributed by atoms with E-state index in [1.54, 1.807) is 22.8 Å². The molecular formula is C18H19N7O4. The van der Waals surface area contributed by atoms with Gasteiger partial charge in [-0.3, -0.25) is 0 Å². The fraction of sp³-hybridized carbons (Fsp3) is 0.278. The van der Waals surface area contributed by atoms with E-state index in [9.17, 15) is 9.90 Å². The van der Waals surface area contributed by atoms with Crippen LogP contribution in [-0.4, -0.2) is 54.8 Å². The third-order valence-corrected chi connectivity index (χ3v) is 4.13. The summed E-state index contributed by atoms with van der Waals surface area (Å²) in [6.45, 7) is -0.478. The number of aliphatic imine (C=N–C) groups is 1. The number of fused-ring (bicyclic) bond motifs is 1. The van der Waals surface area contributed by atoms with Crippen molar-refractivity contribution in [3.63, 3.8) is 0 Å². The molecule has 1 saturated carbocycles. The van der Waals surface area contributed by atoms with Crippen molar-refractivity contribution in [3.05, 3.63) is 36.0 Å². The van der Waals surface area contributed by atoms with Crippen molar-refractivity contribution in [2.45, 2.75) is 25.3 Å². The topological polar surface area (TPSA) is 146 Å². The standard InChI is InChI=1S/C18H19N7O4/c26-10-20-17(28)19-8-7-11-9-21-25-15(11)23-18(24-16(25)22-12-1-2-12)29-14-5-3-13(27)4-6-14/h3-6,8-9,12,26-27H,1-2,7,10H2,(H,20,28)(H,22,23,24). The Kier molecular flexibility index (Phi) is 5.20. The lowest BCUT2D eigenvalue weighted by atomic mass is 10.2. The van der Waals surface area contributed by atoms with Crippen molar-refractivity contribution in [2.75, 3.05) is 12.0 Å². The fourth-order valence-electron chi connectivity index (χ4n) is 2.56. The minimum atomic E-state index is -0.633. The van der Waals surface area contributed by atoms with Crippen LogP contribution in [0.3, 0.4) is 0 Å². The van der Waals surface area contributed by atoms with Crippen molar-refractivity contribution in [1.29, 1.82) is 0 Å². The number of nitrogens with zero attached hydrogens (tertiary/aromatic N) is 5. The first-order valence-electron chi connectivity index (χ1n) is 9.01. The summed E-state index contributed by atoms with van der Waals surface area (Å²) < 4.78 is 7.33. The van der Waals surface area contributed by atoms with Gasteiger partial charge in [-0.2, -0.15) is 19.6 Å². The van der Waals surface area contributed by atoms with E-state index in [4.69, 9.17) is 9.84 Å². The average molecular weight is 397 g/mol. The van der Waals surface area contributed by atoms with Gasteiger partial charge < -0.3 is 25.6 Å². The lowest BCUT2D eigenvalue weighted by Gasteiger charge is -2.09. The van der Waals surface area contributed by atoms with E-state index in [0.717, 1.165) is 18.4 Å². The third-order valence-electron chi connectivity index (χ3n) is 4.13. The molecule has 0 unspecified atom stereocenters. The lowest BCUT2D eigenvalue weighted by molar-refractivity contribution is 0.225. The number of phenolic OH excluding ortho intramolecular Hbond substituents is 1. The van der Waals surface area contributed by atoms with Crippen LogP contribution in [0, 0.1) is 0 Å². The van der Waals surface area contributed by atoms with Crippen LogP contribution in [0.5, 0.6) is 17.5 Å². The first-order chi connectivity index (χ1) is 14.1. The van der Waals surface area contributed by atoms with Crippen molar-refractivity contribution in [1.82, 2.24) is 24.9 Å². The number of carbonyl (C=O) groups is 1. The monoisotopic (exact) mass is 397 g/mol. The van der Waals surface area contributed by atoms with Gasteiger partial charge in [0.05, 0.1) is 6.20 Å². The number of hydrogen-bond donors (Lipinski definition) is 4. The molecule has 0 saturated heterocycles. The summed E-state index contributed by atoms with van der Waals surface area (Å²) in [6.07, 6.45) is 5.46. The van der Waals surface area contributed by atoms with Gasteiger partial charge in [-0.25, -0.2) is 9.79 Å². The molecule has 3 aromatic rings. The highest BCUT2D eigenvalue weighted by atomic mass is 16.5. The number of nitrogens with one attached hydrogen (secondary N) is 2. The SMILES string of the molecule is O=C(N=CCc1cnn2c(NC3CC3)nc(Oc3ccc(O)cc3)nc12)NCO. The zero-order valence-corrected chi connectivity index (χ0v) is 15.3. The van der Waals surface area contributed by atoms with E-state index in [1.807, 2.05) is 0 Å². The van der Waals surface area contributed by atoms with E-state index >= 15 is 0 Å². The smallest absolute Gasteiger partial charge is 0.342 e. The van der Waals surface area contributed by atoms with Crippen molar-refractivity contribution >= 4 is 23.8 Å². The summed E-state index contributed by atoms with van der Waals surface area (Å²) in [6, 6.07) is 6.08. The number of carbonyl (C=O) groups excluding carboxylic acids is 1. The summed E-state index contributed by atoms with van der Waals surface area (Å²) >= 11 is 0. The minimum Gasteiger partial charge on any atom is -0.508 e. The maximum Gasteiger partial charge on any atom is 0.342 e. The number of aromatic nitrogens is 4. The number of benzene rings is 1. The molecule has 0 radical (unpaired) electrons. The molecule has 29 heavy (non-hydrogen) atoms. The van der Waals surface area contributed by atoms with Gasteiger partial charge in [-0.05, 0) is 37.1 Å². The molecule has 0 bridgehead atoms. The second-order valence-electron chi connectivity index (χ2n) is 6.41. The Balaban J connectivity index is 1.63. The van der Waals surface area contributed by atoms with Crippen LogP contribution in [-0.2, 0) is 6.42 Å². The predicted octanol–water partition coefficient (Wildman–Crippen LogP) is 1.47. The first-order valence-corrected chi connectivity index (χ1v) is 9.01. The molecule has 2 aromatic heterocycles. The molecule has 11 nitrogen and oxygen atoms in total. The second-order valence-corrected chi connectivity index (χ2v) is 6.41. The quantitative estimate of drug-likeness (QED) is 0.346. The van der Waals surface area contributed by atoms with E-state index in [-0.39, 0.29) is 11.8 Å². The number of phenols is 1. The molecule has 4 rings (SSSR count). The number of anilines is 1. The number of aromatic hydroxyl groups is 1. The number of aliphatic hydroxyl groups is 1. The molecule has 2 amide bonds. The average Bonchev–Trinajstić information content (AvgIpc) is 3.42. The normalized spacial score (nSPS) is 13.7. The summed E-state index contributed by atoms with van der Waals surface area (Å²) in [5, 5.41) is 27.9. The first kappa shape index (κ1) is 18.6. The van der Waals surface area contributed by atoms with Gasteiger partial charge >= 0.3 is 12.0 Å². The minimum absolute atomic E-state index is 0.128. The van der Waals surface area contributed by atoms with Crippen molar-refractivity contribution < 1.29 is 19.7 Å². The van der Waals surface area contributed by atoms with Crippen LogP contribution in [0.1, 0.15) is 18.4 Å². The Morgan fingerprint density at radius 1 is 1.31 bits per heavy atom. The van der Waals surface area contributed by atoms with Crippen molar-refractivity contribution in [2.24, 2.45) is 4.99 Å². The maximum absolute atomic E-state index is 11.3. The van der Waals surface area contributed by atoms with Crippen LogP contribution in [0.4, 0.5) is 10.7 Å². The fourth-order valence-corrected chi connectivity index (χ4v) is 2.56. The molecule has 1 fully saturated rings. The van der Waals surface area contributed by atoms with Crippen LogP contribution >= 0.6 is 0 Å². The Morgan fingerprint density at radius 2 is 2.10 bits per heavy atom. The highest BCUT2D eigenvalue weighted by molar-refractivity contribution is 5.84. The highest BCUT2D eigenvalue weighted by Crippen LogP contribution is 2.27. The van der Waals surface area contributed by atoms with Crippen LogP contribution in [0.15, 0.2) is 35.5 Å². The van der Waals surface area contributed by atoms with Crippen LogP contribution in [0.25, 0.3) is 5.65 Å². The van der Waals surface area contributed by atoms with E-state index < -0.39 is 12.8 Å². The summed E-state index contributed by atoms with van der Waals surface area (Å²) in [5.74, 6) is 1.12. The van der Waals surface area contributed by atoms with Gasteiger partial charge in [0.2, 0.25) is 5.95 Å². The summed E-state index contributed by atoms with van der Waals surface area (Å²) in [5.41, 5.74) is 1.24. The molecule has 1 aromatic carbocycles. The molecule has 0 spiro atoms. The number of rotatable bonds is 7. The Morgan fingerprint density at radius 3 is 2.83 bits per heavy atom. The third kappa shape index (κ3) is 4.58. The highest BCUT2D eigenvalue weighted by Gasteiger charge is 2.24. The van der Waals surface area contributed by atoms with Crippen molar-refractivity contribution in [3.8, 4) is 17.5 Å². The number of hydrogen-bond acceptors (Lipinski definition) is 8. The van der Waals surface area contributed by atoms with Gasteiger partial charge in [0.25, 0.3) is 0 Å². The maximum atomic E-state index is 11.3. The van der Waals surface area contributed by atoms with Gasteiger partial charge in [0, 0.05) is 24.2 Å². The number of ether oxygens (including phenoxy) is 1. The number of urea groups is 1. The molecule has 11 heteroatoms. The van der Waals surface area contributed by atoms with E-state index in [1.165, 1.54) is 18.3 Å². The Hall–Kier alpha value is -3.73. The molecule has 0 atom stereocenters. The van der Waals surface area contributed by atoms with Crippen LogP contribution < -0.4 is 15.4 Å². The van der Waals surface area contributed by atoms with Gasteiger partial charge in [-0.15, -0.1) is 0 Å². The molecule has 4 N–H and O–H groups in total. The zero-order valence-electron chi connectivity index (χ0n) is 15.3.